The van der Waals surface area contributed by atoms with Gasteiger partial charge in [0, 0.05) is 22.9 Å². The van der Waals surface area contributed by atoms with Crippen LogP contribution in [0.4, 0.5) is 5.69 Å². The molecule has 128 valence electrons. The maximum Gasteiger partial charge on any atom is 0.248 e. The maximum atomic E-state index is 12.8. The number of thioether (sulfide) groups is 1. The van der Waals surface area contributed by atoms with Gasteiger partial charge in [-0.2, -0.15) is 0 Å². The van der Waals surface area contributed by atoms with Gasteiger partial charge in [-0.05, 0) is 36.2 Å². The first kappa shape index (κ1) is 16.5. The monoisotopic (exact) mass is 372 g/mol. The lowest BCUT2D eigenvalue weighted by atomic mass is 10.0. The van der Waals surface area contributed by atoms with E-state index in [2.05, 4.69) is 5.32 Å². The maximum absolute atomic E-state index is 12.8. The minimum absolute atomic E-state index is 0.0464. The number of benzene rings is 2. The molecular weight excluding hydrogens is 356 g/mol. The highest BCUT2D eigenvalue weighted by Gasteiger charge is 2.56. The third-order valence-electron chi connectivity index (χ3n) is 4.77. The zero-order valence-corrected chi connectivity index (χ0v) is 15.0. The van der Waals surface area contributed by atoms with Gasteiger partial charge in [-0.1, -0.05) is 41.9 Å². The van der Waals surface area contributed by atoms with Crippen LogP contribution in [0.15, 0.2) is 54.6 Å². The summed E-state index contributed by atoms with van der Waals surface area (Å²) in [5.74, 6) is 0.494. The molecule has 0 bridgehead atoms. The summed E-state index contributed by atoms with van der Waals surface area (Å²) in [5, 5.41) is 3.53. The topological polar surface area (TPSA) is 49.4 Å². The van der Waals surface area contributed by atoms with Crippen LogP contribution in [0.5, 0.6) is 0 Å². The first-order chi connectivity index (χ1) is 12.1. The summed E-state index contributed by atoms with van der Waals surface area (Å²) in [7, 11) is 0. The van der Waals surface area contributed by atoms with Crippen LogP contribution in [0.3, 0.4) is 0 Å². The number of hydrogen-bond donors (Lipinski definition) is 1. The number of nitrogens with zero attached hydrogens (tertiary/aromatic N) is 1. The van der Waals surface area contributed by atoms with Crippen LogP contribution in [-0.2, 0) is 14.5 Å². The van der Waals surface area contributed by atoms with Crippen LogP contribution in [-0.4, -0.2) is 28.5 Å². The van der Waals surface area contributed by atoms with E-state index < -0.39 is 10.9 Å². The Morgan fingerprint density at radius 3 is 2.60 bits per heavy atom. The van der Waals surface area contributed by atoms with Gasteiger partial charge in [-0.15, -0.1) is 11.8 Å². The summed E-state index contributed by atoms with van der Waals surface area (Å²) in [4.78, 5) is 26.7. The molecule has 1 N–H and O–H groups in total. The minimum Gasteiger partial charge on any atom is -0.324 e. The van der Waals surface area contributed by atoms with Crippen molar-refractivity contribution in [3.63, 3.8) is 0 Å². The average Bonchev–Trinajstić information content (AvgIpc) is 3.17. The van der Waals surface area contributed by atoms with Crippen LogP contribution in [0.1, 0.15) is 18.4 Å². The molecule has 2 aliphatic rings. The lowest BCUT2D eigenvalue weighted by molar-refractivity contribution is -0.136. The molecule has 2 amide bonds. The highest BCUT2D eigenvalue weighted by molar-refractivity contribution is 8.00. The molecule has 2 atom stereocenters. The van der Waals surface area contributed by atoms with Crippen molar-refractivity contribution in [3.05, 3.63) is 65.2 Å². The highest BCUT2D eigenvalue weighted by atomic mass is 35.5. The number of amides is 2. The fraction of sp³-hybridized carbons (Fsp3) is 0.263. The van der Waals surface area contributed by atoms with Gasteiger partial charge in [-0.3, -0.25) is 9.59 Å². The molecule has 0 aliphatic carbocycles. The Hall–Kier alpha value is -1.98. The molecule has 2 fully saturated rings. The van der Waals surface area contributed by atoms with E-state index in [4.69, 9.17) is 11.6 Å². The number of carbonyl (C=O) groups excluding carboxylic acids is 2. The molecule has 25 heavy (non-hydrogen) atoms. The van der Waals surface area contributed by atoms with Gasteiger partial charge in [-0.25, -0.2) is 0 Å². The van der Waals surface area contributed by atoms with E-state index in [0.717, 1.165) is 12.0 Å². The van der Waals surface area contributed by atoms with E-state index in [1.165, 1.54) is 0 Å². The van der Waals surface area contributed by atoms with Crippen molar-refractivity contribution in [2.75, 3.05) is 11.1 Å². The van der Waals surface area contributed by atoms with Crippen molar-refractivity contribution in [2.45, 2.75) is 23.8 Å². The molecule has 2 aliphatic heterocycles. The number of fused-ring (bicyclic) bond motifs is 1. The zero-order valence-electron chi connectivity index (χ0n) is 13.4. The van der Waals surface area contributed by atoms with Gasteiger partial charge >= 0.3 is 0 Å². The Balaban J connectivity index is 1.60. The lowest BCUT2D eigenvalue weighted by Gasteiger charge is -2.34. The third kappa shape index (κ3) is 2.81. The van der Waals surface area contributed by atoms with Gasteiger partial charge in [0.15, 0.2) is 0 Å². The molecule has 0 unspecified atom stereocenters. The van der Waals surface area contributed by atoms with E-state index in [-0.39, 0.29) is 11.8 Å². The SMILES string of the molecule is O=C(Nc1ccc(Cl)cc1)[C@H]1CS[C@@]2(c3ccccc3)CCC(=O)N12. The molecule has 6 heteroatoms. The fourth-order valence-corrected chi connectivity index (χ4v) is 5.37. The van der Waals surface area contributed by atoms with Gasteiger partial charge in [0.25, 0.3) is 0 Å². The molecule has 2 heterocycles. The molecule has 0 radical (unpaired) electrons. The standard InChI is InChI=1S/C19H17ClN2O2S/c20-14-6-8-15(9-7-14)21-18(24)16-12-25-19(11-10-17(23)22(16)19)13-4-2-1-3-5-13/h1-9,16H,10-12H2,(H,21,24)/t16-,19-/m1/s1. The second kappa shape index (κ2) is 6.39. The van der Waals surface area contributed by atoms with Gasteiger partial charge in [0.2, 0.25) is 11.8 Å². The molecule has 0 aromatic heterocycles. The molecule has 0 spiro atoms. The average molecular weight is 373 g/mol. The van der Waals surface area contributed by atoms with Crippen LogP contribution < -0.4 is 5.32 Å². The van der Waals surface area contributed by atoms with Crippen molar-refractivity contribution in [1.29, 1.82) is 0 Å². The van der Waals surface area contributed by atoms with Gasteiger partial charge in [0.05, 0.1) is 0 Å². The Bertz CT molecular complexity index is 812. The summed E-state index contributed by atoms with van der Waals surface area (Å²) in [5.41, 5.74) is 1.77. The predicted octanol–water partition coefficient (Wildman–Crippen LogP) is 3.87. The van der Waals surface area contributed by atoms with E-state index in [1.807, 2.05) is 30.3 Å². The Labute approximate surface area is 155 Å². The zero-order chi connectivity index (χ0) is 17.4. The van der Waals surface area contributed by atoms with Crippen LogP contribution in [0, 0.1) is 0 Å². The highest BCUT2D eigenvalue weighted by Crippen LogP contribution is 2.54. The normalized spacial score (nSPS) is 25.1. The smallest absolute Gasteiger partial charge is 0.248 e. The van der Waals surface area contributed by atoms with Gasteiger partial charge in [0.1, 0.15) is 10.9 Å². The van der Waals surface area contributed by atoms with Crippen molar-refractivity contribution < 1.29 is 9.59 Å². The Morgan fingerprint density at radius 1 is 1.16 bits per heavy atom. The van der Waals surface area contributed by atoms with E-state index in [1.54, 1.807) is 40.9 Å². The number of anilines is 1. The molecule has 2 aromatic carbocycles. The van der Waals surface area contributed by atoms with E-state index in [0.29, 0.717) is 22.9 Å². The molecule has 4 rings (SSSR count). The molecule has 4 nitrogen and oxygen atoms in total. The molecular formula is C19H17ClN2O2S. The predicted molar refractivity (Wildman–Crippen MR) is 101 cm³/mol. The quantitative estimate of drug-likeness (QED) is 0.889. The van der Waals surface area contributed by atoms with Crippen molar-refractivity contribution >= 4 is 40.9 Å². The molecule has 0 saturated carbocycles. The lowest BCUT2D eigenvalue weighted by Crippen LogP contribution is -2.48. The van der Waals surface area contributed by atoms with Crippen LogP contribution in [0.25, 0.3) is 0 Å². The van der Waals surface area contributed by atoms with Gasteiger partial charge < -0.3 is 10.2 Å². The van der Waals surface area contributed by atoms with Crippen molar-refractivity contribution in [3.8, 4) is 0 Å². The van der Waals surface area contributed by atoms with E-state index in [9.17, 15) is 9.59 Å². The molecule has 2 saturated heterocycles. The van der Waals surface area contributed by atoms with Crippen molar-refractivity contribution in [2.24, 2.45) is 0 Å². The minimum atomic E-state index is -0.462. The summed E-state index contributed by atoms with van der Waals surface area (Å²) < 4.78 is 0. The number of halogens is 1. The fourth-order valence-electron chi connectivity index (χ4n) is 3.59. The van der Waals surface area contributed by atoms with Crippen molar-refractivity contribution in [1.82, 2.24) is 4.90 Å². The first-order valence-corrected chi connectivity index (χ1v) is 9.55. The Kier molecular flexibility index (Phi) is 4.21. The van der Waals surface area contributed by atoms with Crippen LogP contribution >= 0.6 is 23.4 Å². The van der Waals surface area contributed by atoms with E-state index >= 15 is 0 Å². The number of nitrogens with one attached hydrogen (secondary N) is 1. The largest absolute Gasteiger partial charge is 0.324 e. The number of carbonyl (C=O) groups is 2. The summed E-state index contributed by atoms with van der Waals surface area (Å²) in [6.07, 6.45) is 1.22. The van der Waals surface area contributed by atoms with Crippen LogP contribution in [0.2, 0.25) is 5.02 Å². The second-order valence-electron chi connectivity index (χ2n) is 6.24. The summed E-state index contributed by atoms with van der Waals surface area (Å²) in [6.45, 7) is 0. The Morgan fingerprint density at radius 2 is 1.88 bits per heavy atom. The summed E-state index contributed by atoms with van der Waals surface area (Å²) >= 11 is 7.57. The third-order valence-corrected chi connectivity index (χ3v) is 6.61. The number of hydrogen-bond acceptors (Lipinski definition) is 3. The summed E-state index contributed by atoms with van der Waals surface area (Å²) in [6, 6.07) is 16.5. The molecule has 2 aromatic rings. The second-order valence-corrected chi connectivity index (χ2v) is 7.97. The number of rotatable bonds is 3. The first-order valence-electron chi connectivity index (χ1n) is 8.18.